The van der Waals surface area contributed by atoms with Gasteiger partial charge in [0.1, 0.15) is 15.5 Å². The van der Waals surface area contributed by atoms with E-state index in [1.807, 2.05) is 24.3 Å². The van der Waals surface area contributed by atoms with Crippen molar-refractivity contribution in [2.24, 2.45) is 7.05 Å². The van der Waals surface area contributed by atoms with Crippen LogP contribution in [0.5, 0.6) is 0 Å². The molecule has 4 aromatic rings. The fraction of sp³-hybridized carbons (Fsp3) is 0.364. The normalized spacial score (nSPS) is 15.0. The van der Waals surface area contributed by atoms with Crippen molar-refractivity contribution in [3.05, 3.63) is 51.5 Å². The lowest BCUT2D eigenvalue weighted by Gasteiger charge is -2.27. The number of hydrogen-bond donors (Lipinski definition) is 0. The summed E-state index contributed by atoms with van der Waals surface area (Å²) < 4.78 is 35.2. The van der Waals surface area contributed by atoms with Crippen molar-refractivity contribution in [3.8, 4) is 11.4 Å². The van der Waals surface area contributed by atoms with Gasteiger partial charge >= 0.3 is 5.69 Å². The van der Waals surface area contributed by atoms with Crippen LogP contribution in [0.4, 0.5) is 0 Å². The number of imidazole rings is 1. The van der Waals surface area contributed by atoms with Gasteiger partial charge < -0.3 is 9.30 Å². The SMILES string of the molecule is Cn1c(=O)n(C2COC2)c2ccnc(-c3cc4cc(Br)ccc4n3CCCS(C)(=O)=O)c21. The molecule has 4 heterocycles. The number of fused-ring (bicyclic) bond motifs is 2. The maximum Gasteiger partial charge on any atom is 0.329 e. The second-order valence-electron chi connectivity index (χ2n) is 8.30. The maximum absolute atomic E-state index is 13.1. The molecule has 0 spiro atoms. The van der Waals surface area contributed by atoms with Crippen molar-refractivity contribution in [3.63, 3.8) is 0 Å². The van der Waals surface area contributed by atoms with Gasteiger partial charge in [-0.3, -0.25) is 14.1 Å². The molecule has 5 rings (SSSR count). The van der Waals surface area contributed by atoms with E-state index in [4.69, 9.17) is 4.74 Å². The van der Waals surface area contributed by atoms with E-state index in [0.29, 0.717) is 31.9 Å². The van der Waals surface area contributed by atoms with Gasteiger partial charge in [-0.1, -0.05) is 15.9 Å². The van der Waals surface area contributed by atoms with E-state index < -0.39 is 9.84 Å². The fourth-order valence-electron chi connectivity index (χ4n) is 4.41. The van der Waals surface area contributed by atoms with Crippen LogP contribution in [0.25, 0.3) is 33.3 Å². The number of ether oxygens (including phenoxy) is 1. The Morgan fingerprint density at radius 2 is 1.97 bits per heavy atom. The third-order valence-electron chi connectivity index (χ3n) is 5.98. The van der Waals surface area contributed by atoms with Gasteiger partial charge in [-0.15, -0.1) is 0 Å². The number of hydrogen-bond acceptors (Lipinski definition) is 5. The minimum atomic E-state index is -3.06. The Morgan fingerprint density at radius 1 is 1.19 bits per heavy atom. The molecule has 0 unspecified atom stereocenters. The number of halogens is 1. The molecule has 0 N–H and O–H groups in total. The average molecular weight is 519 g/mol. The minimum absolute atomic E-state index is 0.0259. The zero-order valence-electron chi connectivity index (χ0n) is 17.8. The Balaban J connectivity index is 1.72. The Morgan fingerprint density at radius 3 is 2.66 bits per heavy atom. The zero-order chi connectivity index (χ0) is 22.6. The topological polar surface area (TPSA) is 88.1 Å². The van der Waals surface area contributed by atoms with E-state index >= 15 is 0 Å². The van der Waals surface area contributed by atoms with Crippen molar-refractivity contribution >= 4 is 47.7 Å². The quantitative estimate of drug-likeness (QED) is 0.391. The van der Waals surface area contributed by atoms with Crippen molar-refractivity contribution < 1.29 is 13.2 Å². The highest BCUT2D eigenvalue weighted by molar-refractivity contribution is 9.10. The van der Waals surface area contributed by atoms with E-state index in [9.17, 15) is 13.2 Å². The highest BCUT2D eigenvalue weighted by atomic mass is 79.9. The van der Waals surface area contributed by atoms with Crippen LogP contribution in [0, 0.1) is 0 Å². The Bertz CT molecular complexity index is 1510. The van der Waals surface area contributed by atoms with Crippen molar-refractivity contribution in [1.82, 2.24) is 18.7 Å². The van der Waals surface area contributed by atoms with Gasteiger partial charge in [0.05, 0.1) is 41.7 Å². The second kappa shape index (κ2) is 7.86. The number of sulfone groups is 1. The number of rotatable bonds is 6. The first-order chi connectivity index (χ1) is 15.2. The predicted molar refractivity (Wildman–Crippen MR) is 128 cm³/mol. The molecule has 1 aliphatic heterocycles. The molecule has 0 radical (unpaired) electrons. The Labute approximate surface area is 193 Å². The Kier molecular flexibility index (Phi) is 5.26. The molecule has 0 bridgehead atoms. The number of benzene rings is 1. The van der Waals surface area contributed by atoms with Crippen LogP contribution in [-0.4, -0.2) is 52.3 Å². The van der Waals surface area contributed by atoms with Crippen LogP contribution in [0.3, 0.4) is 0 Å². The summed E-state index contributed by atoms with van der Waals surface area (Å²) in [5, 5.41) is 1.02. The van der Waals surface area contributed by atoms with E-state index in [1.165, 1.54) is 6.26 Å². The van der Waals surface area contributed by atoms with Crippen molar-refractivity contribution in [1.29, 1.82) is 0 Å². The summed E-state index contributed by atoms with van der Waals surface area (Å²) in [6.07, 6.45) is 3.46. The smallest absolute Gasteiger partial charge is 0.329 e. The molecule has 1 fully saturated rings. The summed E-state index contributed by atoms with van der Waals surface area (Å²) in [6.45, 7) is 1.57. The fourth-order valence-corrected chi connectivity index (χ4v) is 5.44. The second-order valence-corrected chi connectivity index (χ2v) is 11.5. The summed E-state index contributed by atoms with van der Waals surface area (Å²) >= 11 is 3.53. The molecule has 0 saturated carbocycles. The third kappa shape index (κ3) is 3.60. The van der Waals surface area contributed by atoms with E-state index in [-0.39, 0.29) is 17.5 Å². The average Bonchev–Trinajstić information content (AvgIpc) is 3.16. The van der Waals surface area contributed by atoms with Crippen LogP contribution < -0.4 is 5.69 Å². The van der Waals surface area contributed by atoms with Gasteiger partial charge in [0.25, 0.3) is 0 Å². The molecule has 3 aromatic heterocycles. The summed E-state index contributed by atoms with van der Waals surface area (Å²) in [5.41, 5.74) is 4.04. The molecule has 0 amide bonds. The van der Waals surface area contributed by atoms with Crippen LogP contribution in [-0.2, 0) is 28.2 Å². The van der Waals surface area contributed by atoms with Gasteiger partial charge in [0.2, 0.25) is 0 Å². The van der Waals surface area contributed by atoms with Gasteiger partial charge in [0, 0.05) is 41.4 Å². The molecule has 10 heteroatoms. The van der Waals surface area contributed by atoms with Crippen molar-refractivity contribution in [2.75, 3.05) is 25.2 Å². The number of aryl methyl sites for hydroxylation is 2. The number of nitrogens with zero attached hydrogens (tertiary/aromatic N) is 4. The predicted octanol–water partition coefficient (Wildman–Crippen LogP) is 3.13. The zero-order valence-corrected chi connectivity index (χ0v) is 20.2. The molecule has 1 aromatic carbocycles. The molecule has 0 aliphatic carbocycles. The highest BCUT2D eigenvalue weighted by Crippen LogP contribution is 2.34. The van der Waals surface area contributed by atoms with Gasteiger partial charge in [-0.2, -0.15) is 0 Å². The lowest BCUT2D eigenvalue weighted by Crippen LogP contribution is -2.37. The van der Waals surface area contributed by atoms with Crippen LogP contribution in [0.1, 0.15) is 12.5 Å². The molecule has 1 aliphatic rings. The molecule has 32 heavy (non-hydrogen) atoms. The summed E-state index contributed by atoms with van der Waals surface area (Å²) in [4.78, 5) is 17.7. The first-order valence-corrected chi connectivity index (χ1v) is 13.2. The van der Waals surface area contributed by atoms with Gasteiger partial charge in [-0.05, 0) is 36.8 Å². The monoisotopic (exact) mass is 518 g/mol. The standard InChI is InChI=1S/C22H23BrN4O4S/c1-25-21-18(27(22(25)28)16-12-31-13-16)6-7-24-20(21)19-11-14-10-15(23)4-5-17(14)26(19)8-3-9-32(2,29)30/h4-7,10-11,16H,3,8-9,12-13H2,1-2H3. The molecule has 8 nitrogen and oxygen atoms in total. The largest absolute Gasteiger partial charge is 0.377 e. The molecule has 1 saturated heterocycles. The van der Waals surface area contributed by atoms with Crippen LogP contribution >= 0.6 is 15.9 Å². The summed E-state index contributed by atoms with van der Waals surface area (Å²) in [7, 11) is -1.30. The highest BCUT2D eigenvalue weighted by Gasteiger charge is 2.27. The first kappa shape index (κ1) is 21.4. The molecular formula is C22H23BrN4O4S. The number of aromatic nitrogens is 4. The van der Waals surface area contributed by atoms with Gasteiger partial charge in [-0.25, -0.2) is 13.2 Å². The first-order valence-electron chi connectivity index (χ1n) is 10.3. The molecular weight excluding hydrogens is 496 g/mol. The van der Waals surface area contributed by atoms with E-state index in [1.54, 1.807) is 22.4 Å². The maximum atomic E-state index is 13.1. The third-order valence-corrected chi connectivity index (χ3v) is 7.50. The summed E-state index contributed by atoms with van der Waals surface area (Å²) in [5.74, 6) is 0.108. The van der Waals surface area contributed by atoms with E-state index in [2.05, 4.69) is 31.5 Å². The lowest BCUT2D eigenvalue weighted by molar-refractivity contribution is -0.0231. The number of pyridine rings is 1. The molecule has 168 valence electrons. The van der Waals surface area contributed by atoms with Crippen molar-refractivity contribution in [2.45, 2.75) is 19.0 Å². The molecule has 0 atom stereocenters. The van der Waals surface area contributed by atoms with Crippen LogP contribution in [0.2, 0.25) is 0 Å². The van der Waals surface area contributed by atoms with E-state index in [0.717, 1.165) is 32.1 Å². The van der Waals surface area contributed by atoms with Crippen LogP contribution in [0.15, 0.2) is 45.8 Å². The Hall–Kier alpha value is -2.43. The minimum Gasteiger partial charge on any atom is -0.377 e. The summed E-state index contributed by atoms with van der Waals surface area (Å²) in [6, 6.07) is 9.96. The lowest BCUT2D eigenvalue weighted by atomic mass is 10.2. The van der Waals surface area contributed by atoms with Gasteiger partial charge in [0.15, 0.2) is 0 Å².